The minimum atomic E-state index is -0.224. The van der Waals surface area contributed by atoms with Gasteiger partial charge in [-0.3, -0.25) is 0 Å². The zero-order chi connectivity index (χ0) is 14.6. The Hall–Kier alpha value is -1.32. The average Bonchev–Trinajstić information content (AvgIpc) is 2.76. The van der Waals surface area contributed by atoms with Crippen LogP contribution in [-0.4, -0.2) is 23.4 Å². The van der Waals surface area contributed by atoms with Crippen molar-refractivity contribution in [1.82, 2.24) is 0 Å². The van der Waals surface area contributed by atoms with Gasteiger partial charge in [0.15, 0.2) is 0 Å². The minimum absolute atomic E-state index is 0.0110. The molecule has 20 heavy (non-hydrogen) atoms. The van der Waals surface area contributed by atoms with Crippen LogP contribution in [0.25, 0.3) is 0 Å². The summed E-state index contributed by atoms with van der Waals surface area (Å²) in [7, 11) is 0. The molecule has 0 unspecified atom stereocenters. The van der Waals surface area contributed by atoms with E-state index in [1.807, 2.05) is 24.3 Å². The van der Waals surface area contributed by atoms with E-state index in [4.69, 9.17) is 9.47 Å². The van der Waals surface area contributed by atoms with E-state index in [9.17, 15) is 5.11 Å². The molecule has 0 aliphatic carbocycles. The first-order valence-electron chi connectivity index (χ1n) is 7.22. The number of para-hydroxylation sites is 1. The lowest BCUT2D eigenvalue weighted by Crippen LogP contribution is -2.26. The molecule has 1 N–H and O–H groups in total. The molecule has 0 amide bonds. The van der Waals surface area contributed by atoms with Crippen LogP contribution in [0, 0.1) is 0 Å². The fraction of sp³-hybridized carbons (Fsp3) is 0.529. The smallest absolute Gasteiger partial charge is 0.121 e. The van der Waals surface area contributed by atoms with Gasteiger partial charge < -0.3 is 14.6 Å². The summed E-state index contributed by atoms with van der Waals surface area (Å²) >= 11 is 0. The van der Waals surface area contributed by atoms with Crippen molar-refractivity contribution in [3.8, 4) is 5.75 Å². The van der Waals surface area contributed by atoms with Crippen LogP contribution in [0.5, 0.6) is 5.75 Å². The van der Waals surface area contributed by atoms with E-state index < -0.39 is 0 Å². The number of phenolic OH excluding ortho intramolecular Hbond substituents is 1. The largest absolute Gasteiger partial charge is 0.508 e. The van der Waals surface area contributed by atoms with E-state index in [-0.39, 0.29) is 23.6 Å². The first-order valence-corrected chi connectivity index (χ1v) is 7.22. The maximum absolute atomic E-state index is 10.1. The maximum Gasteiger partial charge on any atom is 0.121 e. The number of rotatable bonds is 6. The molecule has 1 heterocycles. The highest BCUT2D eigenvalue weighted by molar-refractivity contribution is 5.34. The normalized spacial score (nSPS) is 22.6. The van der Waals surface area contributed by atoms with Gasteiger partial charge in [0.2, 0.25) is 0 Å². The predicted molar refractivity (Wildman–Crippen MR) is 79.8 cm³/mol. The van der Waals surface area contributed by atoms with Gasteiger partial charge in [0.25, 0.3) is 0 Å². The Morgan fingerprint density at radius 3 is 2.85 bits per heavy atom. The molecule has 2 rings (SSSR count). The molecule has 1 aliphatic rings. The molecule has 1 fully saturated rings. The molecule has 1 aromatic rings. The molecule has 2 atom stereocenters. The number of ether oxygens (including phenoxy) is 2. The standard InChI is InChI=1S/C17H24O3/c1-4-5-12-19-16(13-8-6-7-9-14(13)18)15-10-11-17(2,3)20-15/h4,6-9,15-16,18H,1,5,10-12H2,2-3H3/t15-,16-/m1/s1. The van der Waals surface area contributed by atoms with Crippen molar-refractivity contribution in [2.75, 3.05) is 6.61 Å². The summed E-state index contributed by atoms with van der Waals surface area (Å²) in [4.78, 5) is 0. The molecule has 110 valence electrons. The van der Waals surface area contributed by atoms with E-state index in [2.05, 4.69) is 20.4 Å². The van der Waals surface area contributed by atoms with Crippen molar-refractivity contribution >= 4 is 0 Å². The third kappa shape index (κ3) is 3.62. The molecular weight excluding hydrogens is 252 g/mol. The zero-order valence-corrected chi connectivity index (χ0v) is 12.3. The highest BCUT2D eigenvalue weighted by Crippen LogP contribution is 2.40. The van der Waals surface area contributed by atoms with Crippen molar-refractivity contribution < 1.29 is 14.6 Å². The summed E-state index contributed by atoms with van der Waals surface area (Å²) in [5.41, 5.74) is 0.689. The summed E-state index contributed by atoms with van der Waals surface area (Å²) in [5, 5.41) is 10.1. The summed E-state index contributed by atoms with van der Waals surface area (Å²) in [6, 6.07) is 7.33. The fourth-order valence-electron chi connectivity index (χ4n) is 2.63. The van der Waals surface area contributed by atoms with Crippen LogP contribution in [-0.2, 0) is 9.47 Å². The number of hydrogen-bond donors (Lipinski definition) is 1. The third-order valence-electron chi connectivity index (χ3n) is 3.70. The first kappa shape index (κ1) is 15.1. The van der Waals surface area contributed by atoms with Crippen molar-refractivity contribution in [1.29, 1.82) is 0 Å². The zero-order valence-electron chi connectivity index (χ0n) is 12.3. The predicted octanol–water partition coefficient (Wildman–Crippen LogP) is 3.98. The van der Waals surface area contributed by atoms with Gasteiger partial charge >= 0.3 is 0 Å². The fourth-order valence-corrected chi connectivity index (χ4v) is 2.63. The van der Waals surface area contributed by atoms with Crippen LogP contribution in [0.4, 0.5) is 0 Å². The average molecular weight is 276 g/mol. The summed E-state index contributed by atoms with van der Waals surface area (Å²) in [6.45, 7) is 8.49. The molecule has 1 saturated heterocycles. The molecule has 0 radical (unpaired) electrons. The van der Waals surface area contributed by atoms with E-state index in [0.29, 0.717) is 6.61 Å². The lowest BCUT2D eigenvalue weighted by Gasteiger charge is -2.27. The van der Waals surface area contributed by atoms with E-state index in [1.54, 1.807) is 6.07 Å². The highest BCUT2D eigenvalue weighted by atomic mass is 16.6. The monoisotopic (exact) mass is 276 g/mol. The molecule has 3 heteroatoms. The van der Waals surface area contributed by atoms with Gasteiger partial charge in [-0.15, -0.1) is 6.58 Å². The Labute approximate surface area is 121 Å². The third-order valence-corrected chi connectivity index (χ3v) is 3.70. The molecule has 1 aliphatic heterocycles. The van der Waals surface area contributed by atoms with Crippen LogP contribution < -0.4 is 0 Å². The van der Waals surface area contributed by atoms with Crippen LogP contribution in [0.15, 0.2) is 36.9 Å². The van der Waals surface area contributed by atoms with Crippen LogP contribution in [0.2, 0.25) is 0 Å². The highest BCUT2D eigenvalue weighted by Gasteiger charge is 2.38. The van der Waals surface area contributed by atoms with E-state index in [1.165, 1.54) is 0 Å². The summed E-state index contributed by atoms with van der Waals surface area (Å²) < 4.78 is 12.1. The number of aromatic hydroxyl groups is 1. The van der Waals surface area contributed by atoms with Crippen molar-refractivity contribution in [3.63, 3.8) is 0 Å². The van der Waals surface area contributed by atoms with E-state index in [0.717, 1.165) is 24.8 Å². The minimum Gasteiger partial charge on any atom is -0.508 e. The summed E-state index contributed by atoms with van der Waals surface area (Å²) in [6.07, 6.45) is 4.34. The quantitative estimate of drug-likeness (QED) is 0.631. The molecule has 3 nitrogen and oxygen atoms in total. The van der Waals surface area contributed by atoms with Crippen LogP contribution in [0.1, 0.15) is 44.8 Å². The topological polar surface area (TPSA) is 38.7 Å². The van der Waals surface area contributed by atoms with Crippen LogP contribution in [0.3, 0.4) is 0 Å². The summed E-state index contributed by atoms with van der Waals surface area (Å²) in [5.74, 6) is 0.268. The van der Waals surface area contributed by atoms with Crippen molar-refractivity contribution in [2.45, 2.75) is 50.9 Å². The Bertz CT molecular complexity index is 453. The van der Waals surface area contributed by atoms with Crippen molar-refractivity contribution in [2.24, 2.45) is 0 Å². The second-order valence-electron chi connectivity index (χ2n) is 5.88. The Kier molecular flexibility index (Phi) is 4.84. The van der Waals surface area contributed by atoms with Gasteiger partial charge in [-0.25, -0.2) is 0 Å². The molecule has 1 aromatic carbocycles. The molecular formula is C17H24O3. The lowest BCUT2D eigenvalue weighted by molar-refractivity contribution is -0.0969. The molecule has 0 saturated carbocycles. The molecule has 0 aromatic heterocycles. The van der Waals surface area contributed by atoms with Gasteiger partial charge in [-0.1, -0.05) is 24.3 Å². The van der Waals surface area contributed by atoms with Gasteiger partial charge in [0.1, 0.15) is 11.9 Å². The number of benzene rings is 1. The Morgan fingerprint density at radius 2 is 2.25 bits per heavy atom. The number of phenols is 1. The van der Waals surface area contributed by atoms with Gasteiger partial charge in [0.05, 0.1) is 18.3 Å². The first-order chi connectivity index (χ1) is 9.53. The van der Waals surface area contributed by atoms with Crippen LogP contribution >= 0.6 is 0 Å². The number of hydrogen-bond acceptors (Lipinski definition) is 3. The van der Waals surface area contributed by atoms with Gasteiger partial charge in [-0.05, 0) is 39.2 Å². The lowest BCUT2D eigenvalue weighted by atomic mass is 9.99. The van der Waals surface area contributed by atoms with Gasteiger partial charge in [-0.2, -0.15) is 0 Å². The Balaban J connectivity index is 2.17. The SMILES string of the molecule is C=CCCO[C@H](c1ccccc1O)[C@H]1CCC(C)(C)O1. The van der Waals surface area contributed by atoms with Gasteiger partial charge in [0, 0.05) is 5.56 Å². The molecule has 0 bridgehead atoms. The van der Waals surface area contributed by atoms with Crippen molar-refractivity contribution in [3.05, 3.63) is 42.5 Å². The second kappa shape index (κ2) is 6.42. The maximum atomic E-state index is 10.1. The molecule has 0 spiro atoms. The Morgan fingerprint density at radius 1 is 1.50 bits per heavy atom. The van der Waals surface area contributed by atoms with E-state index >= 15 is 0 Å². The second-order valence-corrected chi connectivity index (χ2v) is 5.88.